The van der Waals surface area contributed by atoms with Crippen LogP contribution >= 0.6 is 12.4 Å². The minimum Gasteiger partial charge on any atom is -0.330 e. The van der Waals surface area contributed by atoms with Gasteiger partial charge in [0.25, 0.3) is 0 Å². The summed E-state index contributed by atoms with van der Waals surface area (Å²) in [6.45, 7) is 1.39. The maximum absolute atomic E-state index is 8.72. The predicted molar refractivity (Wildman–Crippen MR) is 72.5 cm³/mol. The molecular weight excluding hydrogens is 248 g/mol. The number of aromatic nitrogens is 2. The Bertz CT molecular complexity index is 525. The van der Waals surface area contributed by atoms with Gasteiger partial charge in [-0.3, -0.25) is 0 Å². The summed E-state index contributed by atoms with van der Waals surface area (Å²) in [5.41, 5.74) is 8.51. The molecule has 0 atom stereocenters. The number of hydrogen-bond donors (Lipinski definition) is 1. The van der Waals surface area contributed by atoms with E-state index >= 15 is 0 Å². The van der Waals surface area contributed by atoms with Crippen LogP contribution in [0.4, 0.5) is 0 Å². The van der Waals surface area contributed by atoms with Crippen LogP contribution < -0.4 is 5.73 Å². The Hall–Kier alpha value is -1.83. The van der Waals surface area contributed by atoms with Crippen molar-refractivity contribution < 1.29 is 0 Å². The molecule has 0 unspecified atom stereocenters. The summed E-state index contributed by atoms with van der Waals surface area (Å²) in [6, 6.07) is 9.69. The lowest BCUT2D eigenvalue weighted by Gasteiger charge is -2.07. The van der Waals surface area contributed by atoms with Crippen molar-refractivity contribution in [3.63, 3.8) is 0 Å². The second-order valence-corrected chi connectivity index (χ2v) is 3.86. The average Bonchev–Trinajstić information content (AvgIpc) is 2.78. The van der Waals surface area contributed by atoms with Gasteiger partial charge in [-0.05, 0) is 24.2 Å². The molecule has 0 aliphatic heterocycles. The largest absolute Gasteiger partial charge is 0.330 e. The normalized spacial score (nSPS) is 9.56. The van der Waals surface area contributed by atoms with Gasteiger partial charge >= 0.3 is 0 Å². The van der Waals surface area contributed by atoms with E-state index in [4.69, 9.17) is 11.0 Å². The third-order valence-corrected chi connectivity index (χ3v) is 2.63. The van der Waals surface area contributed by atoms with E-state index in [0.717, 1.165) is 24.2 Å². The molecule has 0 saturated carbocycles. The van der Waals surface area contributed by atoms with Crippen LogP contribution in [-0.4, -0.2) is 16.1 Å². The molecule has 0 radical (unpaired) electrons. The van der Waals surface area contributed by atoms with Crippen LogP contribution in [0.2, 0.25) is 0 Å². The van der Waals surface area contributed by atoms with Gasteiger partial charge in [0.15, 0.2) is 0 Å². The fourth-order valence-corrected chi connectivity index (χ4v) is 1.73. The van der Waals surface area contributed by atoms with E-state index in [0.29, 0.717) is 12.1 Å². The van der Waals surface area contributed by atoms with Crippen LogP contribution in [0.5, 0.6) is 0 Å². The van der Waals surface area contributed by atoms with Crippen molar-refractivity contribution in [1.82, 2.24) is 9.55 Å². The zero-order valence-electron chi connectivity index (χ0n) is 9.91. The van der Waals surface area contributed by atoms with Crippen LogP contribution in [0, 0.1) is 11.3 Å². The average molecular weight is 263 g/mol. The second-order valence-electron chi connectivity index (χ2n) is 3.86. The van der Waals surface area contributed by atoms with Crippen molar-refractivity contribution in [2.45, 2.75) is 13.0 Å². The highest BCUT2D eigenvalue weighted by molar-refractivity contribution is 5.85. The summed E-state index contributed by atoms with van der Waals surface area (Å²) in [5.74, 6) is 0. The van der Waals surface area contributed by atoms with Crippen molar-refractivity contribution in [1.29, 1.82) is 5.26 Å². The molecule has 1 heterocycles. The molecule has 0 amide bonds. The smallest absolute Gasteiger partial charge is 0.0991 e. The highest BCUT2D eigenvalue weighted by atomic mass is 35.5. The van der Waals surface area contributed by atoms with E-state index in [2.05, 4.69) is 15.6 Å². The quantitative estimate of drug-likeness (QED) is 0.912. The lowest BCUT2D eigenvalue weighted by atomic mass is 10.1. The van der Waals surface area contributed by atoms with E-state index in [1.165, 1.54) is 0 Å². The minimum absolute atomic E-state index is 0. The first-order valence-electron chi connectivity index (χ1n) is 5.51. The van der Waals surface area contributed by atoms with E-state index in [-0.39, 0.29) is 12.4 Å². The molecule has 0 spiro atoms. The van der Waals surface area contributed by atoms with Gasteiger partial charge in [0.2, 0.25) is 0 Å². The Morgan fingerprint density at radius 3 is 2.61 bits per heavy atom. The van der Waals surface area contributed by atoms with E-state index in [1.54, 1.807) is 0 Å². The zero-order valence-corrected chi connectivity index (χ0v) is 10.7. The van der Waals surface area contributed by atoms with Gasteiger partial charge < -0.3 is 10.3 Å². The van der Waals surface area contributed by atoms with Crippen molar-refractivity contribution >= 4 is 12.4 Å². The molecule has 1 aromatic heterocycles. The van der Waals surface area contributed by atoms with Crippen molar-refractivity contribution in [2.24, 2.45) is 5.73 Å². The number of nitriles is 1. The van der Waals surface area contributed by atoms with Gasteiger partial charge in [-0.15, -0.1) is 12.4 Å². The molecule has 0 aliphatic rings. The standard InChI is InChI=1S/C13H14N4.ClH/c14-6-5-13-8-16-10-17(13)9-12-3-1-11(7-15)2-4-12;/h1-4,8,10H,5-6,9,14H2;1H. The molecule has 4 nitrogen and oxygen atoms in total. The predicted octanol–water partition coefficient (Wildman–Crippen LogP) is 1.73. The minimum atomic E-state index is 0. The Morgan fingerprint density at radius 1 is 1.28 bits per heavy atom. The number of nitrogens with two attached hydrogens (primary N) is 1. The first kappa shape index (κ1) is 14.2. The van der Waals surface area contributed by atoms with Gasteiger partial charge in [-0.2, -0.15) is 5.26 Å². The number of nitrogens with zero attached hydrogens (tertiary/aromatic N) is 3. The van der Waals surface area contributed by atoms with Crippen LogP contribution in [0.3, 0.4) is 0 Å². The van der Waals surface area contributed by atoms with Gasteiger partial charge in [-0.25, -0.2) is 4.98 Å². The number of imidazole rings is 1. The highest BCUT2D eigenvalue weighted by Crippen LogP contribution is 2.08. The number of benzene rings is 1. The lowest BCUT2D eigenvalue weighted by molar-refractivity contribution is 0.733. The second kappa shape index (κ2) is 6.80. The first-order valence-corrected chi connectivity index (χ1v) is 5.51. The molecule has 1 aromatic carbocycles. The summed E-state index contributed by atoms with van der Waals surface area (Å²) in [4.78, 5) is 4.13. The summed E-state index contributed by atoms with van der Waals surface area (Å²) in [6.07, 6.45) is 4.48. The fourth-order valence-electron chi connectivity index (χ4n) is 1.73. The summed E-state index contributed by atoms with van der Waals surface area (Å²) in [5, 5.41) is 8.72. The Morgan fingerprint density at radius 2 is 2.00 bits per heavy atom. The fraction of sp³-hybridized carbons (Fsp3) is 0.231. The van der Waals surface area contributed by atoms with Crippen LogP contribution in [-0.2, 0) is 13.0 Å². The van der Waals surface area contributed by atoms with Crippen molar-refractivity contribution in [3.05, 3.63) is 53.6 Å². The van der Waals surface area contributed by atoms with Gasteiger partial charge in [0, 0.05) is 24.9 Å². The molecule has 94 valence electrons. The highest BCUT2D eigenvalue weighted by Gasteiger charge is 2.02. The van der Waals surface area contributed by atoms with Crippen LogP contribution in [0.1, 0.15) is 16.8 Å². The molecule has 2 aromatic rings. The summed E-state index contributed by atoms with van der Waals surface area (Å²) < 4.78 is 2.08. The topological polar surface area (TPSA) is 67.6 Å². The lowest BCUT2D eigenvalue weighted by Crippen LogP contribution is -2.09. The van der Waals surface area contributed by atoms with Gasteiger partial charge in [-0.1, -0.05) is 12.1 Å². The van der Waals surface area contributed by atoms with Crippen molar-refractivity contribution in [2.75, 3.05) is 6.54 Å². The van der Waals surface area contributed by atoms with Crippen LogP contribution in [0.15, 0.2) is 36.8 Å². The Labute approximate surface area is 112 Å². The zero-order chi connectivity index (χ0) is 12.1. The number of halogens is 1. The molecule has 0 aliphatic carbocycles. The molecule has 2 rings (SSSR count). The molecule has 18 heavy (non-hydrogen) atoms. The molecule has 0 bridgehead atoms. The molecule has 2 N–H and O–H groups in total. The van der Waals surface area contributed by atoms with Crippen molar-refractivity contribution in [3.8, 4) is 6.07 Å². The Balaban J connectivity index is 0.00000162. The molecular formula is C13H15ClN4. The first-order chi connectivity index (χ1) is 8.33. The number of rotatable bonds is 4. The number of hydrogen-bond acceptors (Lipinski definition) is 3. The Kier molecular flexibility index (Phi) is 5.37. The molecule has 0 saturated heterocycles. The maximum atomic E-state index is 8.72. The summed E-state index contributed by atoms with van der Waals surface area (Å²) in [7, 11) is 0. The van der Waals surface area contributed by atoms with Gasteiger partial charge in [0.1, 0.15) is 0 Å². The van der Waals surface area contributed by atoms with E-state index in [1.807, 2.05) is 36.8 Å². The van der Waals surface area contributed by atoms with Gasteiger partial charge in [0.05, 0.1) is 18.0 Å². The molecule has 0 fully saturated rings. The SMILES string of the molecule is Cl.N#Cc1ccc(Cn2cncc2CCN)cc1. The van der Waals surface area contributed by atoms with E-state index in [9.17, 15) is 0 Å². The third kappa shape index (κ3) is 3.33. The third-order valence-electron chi connectivity index (χ3n) is 2.63. The van der Waals surface area contributed by atoms with Crippen LogP contribution in [0.25, 0.3) is 0 Å². The summed E-state index contributed by atoms with van der Waals surface area (Å²) >= 11 is 0. The van der Waals surface area contributed by atoms with E-state index < -0.39 is 0 Å². The monoisotopic (exact) mass is 262 g/mol. The maximum Gasteiger partial charge on any atom is 0.0991 e. The molecule has 5 heteroatoms.